The fraction of sp³-hybridized carbons (Fsp3) is 0.333. The van der Waals surface area contributed by atoms with E-state index in [0.717, 1.165) is 16.0 Å². The molecule has 1 aliphatic heterocycles. The van der Waals surface area contributed by atoms with Crippen LogP contribution in [0.4, 0.5) is 5.69 Å². The van der Waals surface area contributed by atoms with Gasteiger partial charge < -0.3 is 10.2 Å². The van der Waals surface area contributed by atoms with Gasteiger partial charge in [-0.2, -0.15) is 9.57 Å². The molecule has 3 rings (SSSR count). The molecule has 7 nitrogen and oxygen atoms in total. The number of carbonyl (C=O) groups excluding carboxylic acids is 1. The molecule has 29 heavy (non-hydrogen) atoms. The molecule has 2 aromatic carbocycles. The number of aryl methyl sites for hydroxylation is 2. The highest BCUT2D eigenvalue weighted by Crippen LogP contribution is 2.19. The zero-order chi connectivity index (χ0) is 21.0. The monoisotopic (exact) mass is 413 g/mol. The summed E-state index contributed by atoms with van der Waals surface area (Å²) in [4.78, 5) is 13.6. The van der Waals surface area contributed by atoms with Gasteiger partial charge in [0.25, 0.3) is 5.91 Å². The lowest BCUT2D eigenvalue weighted by Crippen LogP contribution is -3.15. The highest BCUT2D eigenvalue weighted by atomic mass is 32.2. The molecule has 0 atom stereocenters. The van der Waals surface area contributed by atoms with E-state index < -0.39 is 10.0 Å². The van der Waals surface area contributed by atoms with Crippen molar-refractivity contribution in [3.63, 3.8) is 0 Å². The number of nitrogens with zero attached hydrogens (tertiary/aromatic N) is 2. The highest BCUT2D eigenvalue weighted by molar-refractivity contribution is 7.89. The second kappa shape index (κ2) is 8.74. The molecule has 1 amide bonds. The van der Waals surface area contributed by atoms with E-state index in [4.69, 9.17) is 5.26 Å². The second-order valence-corrected chi connectivity index (χ2v) is 9.25. The van der Waals surface area contributed by atoms with E-state index in [1.807, 2.05) is 26.0 Å². The Morgan fingerprint density at radius 2 is 1.76 bits per heavy atom. The van der Waals surface area contributed by atoms with Crippen LogP contribution in [0.2, 0.25) is 0 Å². The van der Waals surface area contributed by atoms with Gasteiger partial charge in [0.15, 0.2) is 6.54 Å². The van der Waals surface area contributed by atoms with Gasteiger partial charge in [-0.1, -0.05) is 6.07 Å². The van der Waals surface area contributed by atoms with Crippen molar-refractivity contribution in [2.24, 2.45) is 0 Å². The van der Waals surface area contributed by atoms with Gasteiger partial charge in [0, 0.05) is 5.69 Å². The fourth-order valence-electron chi connectivity index (χ4n) is 3.30. The first kappa shape index (κ1) is 21.0. The molecule has 0 aliphatic carbocycles. The summed E-state index contributed by atoms with van der Waals surface area (Å²) in [6, 6.07) is 13.9. The molecule has 0 spiro atoms. The van der Waals surface area contributed by atoms with Crippen LogP contribution in [-0.4, -0.2) is 51.4 Å². The lowest BCUT2D eigenvalue weighted by Gasteiger charge is -2.31. The van der Waals surface area contributed by atoms with Gasteiger partial charge in [-0.3, -0.25) is 4.79 Å². The third-order valence-electron chi connectivity index (χ3n) is 5.25. The van der Waals surface area contributed by atoms with Crippen LogP contribution in [0.1, 0.15) is 16.7 Å². The molecular weight excluding hydrogens is 388 g/mol. The van der Waals surface area contributed by atoms with Crippen molar-refractivity contribution in [2.75, 3.05) is 38.0 Å². The molecule has 1 saturated heterocycles. The van der Waals surface area contributed by atoms with E-state index in [1.165, 1.54) is 4.31 Å². The Morgan fingerprint density at radius 3 is 2.34 bits per heavy atom. The Bertz CT molecular complexity index is 1030. The van der Waals surface area contributed by atoms with Gasteiger partial charge in [0.05, 0.1) is 42.7 Å². The Morgan fingerprint density at radius 1 is 1.10 bits per heavy atom. The molecule has 2 aromatic rings. The predicted octanol–water partition coefficient (Wildman–Crippen LogP) is 0.703. The second-order valence-electron chi connectivity index (χ2n) is 7.31. The number of nitriles is 1. The summed E-state index contributed by atoms with van der Waals surface area (Å²) in [7, 11) is -3.52. The maximum atomic E-state index is 12.9. The van der Waals surface area contributed by atoms with Crippen LogP contribution in [0.15, 0.2) is 47.4 Å². The van der Waals surface area contributed by atoms with Gasteiger partial charge in [-0.25, -0.2) is 8.42 Å². The lowest BCUT2D eigenvalue weighted by molar-refractivity contribution is -0.895. The van der Waals surface area contributed by atoms with Gasteiger partial charge in [0.1, 0.15) is 0 Å². The minimum absolute atomic E-state index is 0.129. The number of rotatable bonds is 5. The number of sulfonamides is 1. The largest absolute Gasteiger partial charge is 0.325 e. The average Bonchev–Trinajstić information content (AvgIpc) is 2.71. The first-order valence-corrected chi connectivity index (χ1v) is 10.9. The zero-order valence-electron chi connectivity index (χ0n) is 16.6. The molecule has 0 aromatic heterocycles. The summed E-state index contributed by atoms with van der Waals surface area (Å²) in [6.07, 6.45) is 0. The molecule has 0 unspecified atom stereocenters. The Labute approximate surface area is 171 Å². The minimum Gasteiger partial charge on any atom is -0.325 e. The van der Waals surface area contributed by atoms with Crippen LogP contribution in [0.3, 0.4) is 0 Å². The molecule has 152 valence electrons. The van der Waals surface area contributed by atoms with E-state index in [2.05, 4.69) is 5.32 Å². The summed E-state index contributed by atoms with van der Waals surface area (Å²) < 4.78 is 27.3. The standard InChI is InChI=1S/C21H24N4O3S/c1-16-3-8-20(13-17(16)2)29(27,28)25-11-9-24(10-12-25)15-21(26)23-19-6-4-18(14-22)5-7-19/h3-8,13H,9-12,15H2,1-2H3,(H,23,26)/p+1. The van der Waals surface area contributed by atoms with Crippen molar-refractivity contribution in [1.82, 2.24) is 4.31 Å². The Balaban J connectivity index is 1.55. The summed E-state index contributed by atoms with van der Waals surface area (Å²) in [5, 5.41) is 11.6. The summed E-state index contributed by atoms with van der Waals surface area (Å²) in [5.41, 5.74) is 3.19. The van der Waals surface area contributed by atoms with E-state index in [0.29, 0.717) is 42.3 Å². The number of piperazine rings is 1. The van der Waals surface area contributed by atoms with Gasteiger partial charge in [-0.05, 0) is 61.4 Å². The number of carbonyl (C=O) groups is 1. The Kier molecular flexibility index (Phi) is 6.33. The van der Waals surface area contributed by atoms with E-state index in [-0.39, 0.29) is 12.5 Å². The SMILES string of the molecule is Cc1ccc(S(=O)(=O)N2CC[NH+](CC(=O)Nc3ccc(C#N)cc3)CC2)cc1C. The number of nitrogens with one attached hydrogen (secondary N) is 2. The number of benzene rings is 2. The number of amides is 1. The fourth-order valence-corrected chi connectivity index (χ4v) is 4.83. The van der Waals surface area contributed by atoms with Crippen LogP contribution < -0.4 is 10.2 Å². The van der Waals surface area contributed by atoms with E-state index in [9.17, 15) is 13.2 Å². The quantitative estimate of drug-likeness (QED) is 0.755. The minimum atomic E-state index is -3.52. The van der Waals surface area contributed by atoms with Crippen LogP contribution in [0.5, 0.6) is 0 Å². The van der Waals surface area contributed by atoms with Crippen molar-refractivity contribution < 1.29 is 18.1 Å². The van der Waals surface area contributed by atoms with Gasteiger partial charge in [-0.15, -0.1) is 0 Å². The summed E-state index contributed by atoms with van der Waals surface area (Å²) in [5.74, 6) is -0.129. The molecule has 0 radical (unpaired) electrons. The molecule has 8 heteroatoms. The van der Waals surface area contributed by atoms with Crippen LogP contribution >= 0.6 is 0 Å². The number of quaternary nitrogens is 1. The van der Waals surface area contributed by atoms with Crippen molar-refractivity contribution in [3.05, 3.63) is 59.2 Å². The molecular formula is C21H25N4O3S+. The molecule has 0 bridgehead atoms. The first-order chi connectivity index (χ1) is 13.8. The first-order valence-electron chi connectivity index (χ1n) is 9.50. The number of anilines is 1. The highest BCUT2D eigenvalue weighted by Gasteiger charge is 2.31. The number of hydrogen-bond donors (Lipinski definition) is 2. The third kappa shape index (κ3) is 5.01. The van der Waals surface area contributed by atoms with E-state index >= 15 is 0 Å². The van der Waals surface area contributed by atoms with Crippen molar-refractivity contribution in [3.8, 4) is 6.07 Å². The molecule has 1 fully saturated rings. The maximum Gasteiger partial charge on any atom is 0.279 e. The molecule has 1 aliphatic rings. The molecule has 0 saturated carbocycles. The smallest absolute Gasteiger partial charge is 0.279 e. The maximum absolute atomic E-state index is 12.9. The van der Waals surface area contributed by atoms with Crippen molar-refractivity contribution in [1.29, 1.82) is 5.26 Å². The topological polar surface area (TPSA) is 94.7 Å². The summed E-state index contributed by atoms with van der Waals surface area (Å²) >= 11 is 0. The summed E-state index contributed by atoms with van der Waals surface area (Å²) in [6.45, 7) is 6.05. The van der Waals surface area contributed by atoms with Gasteiger partial charge in [0.2, 0.25) is 10.0 Å². The van der Waals surface area contributed by atoms with Crippen LogP contribution in [0, 0.1) is 25.2 Å². The van der Waals surface area contributed by atoms with Crippen molar-refractivity contribution >= 4 is 21.6 Å². The molecule has 1 heterocycles. The number of hydrogen-bond acceptors (Lipinski definition) is 4. The predicted molar refractivity (Wildman–Crippen MR) is 110 cm³/mol. The van der Waals surface area contributed by atoms with Crippen molar-refractivity contribution in [2.45, 2.75) is 18.7 Å². The normalized spacial score (nSPS) is 15.6. The third-order valence-corrected chi connectivity index (χ3v) is 7.15. The average molecular weight is 414 g/mol. The van der Waals surface area contributed by atoms with Crippen LogP contribution in [-0.2, 0) is 14.8 Å². The van der Waals surface area contributed by atoms with Crippen LogP contribution in [0.25, 0.3) is 0 Å². The zero-order valence-corrected chi connectivity index (χ0v) is 17.4. The molecule has 2 N–H and O–H groups in total. The van der Waals surface area contributed by atoms with E-state index in [1.54, 1.807) is 36.4 Å². The van der Waals surface area contributed by atoms with Gasteiger partial charge >= 0.3 is 0 Å². The Hall–Kier alpha value is -2.73. The lowest BCUT2D eigenvalue weighted by atomic mass is 10.1.